The number of nitrogens with two attached hydrogens (primary N) is 1. The van der Waals surface area contributed by atoms with Gasteiger partial charge in [-0.15, -0.1) is 0 Å². The van der Waals surface area contributed by atoms with Crippen molar-refractivity contribution >= 4 is 44.6 Å². The Kier molecular flexibility index (Phi) is 3.43. The zero-order chi connectivity index (χ0) is 16.5. The average molecular weight is 314 g/mol. The molecule has 0 amide bonds. The first-order valence-corrected chi connectivity index (χ1v) is 7.87. The van der Waals surface area contributed by atoms with Gasteiger partial charge in [0, 0.05) is 34.9 Å². The molecule has 4 rings (SSSR count). The van der Waals surface area contributed by atoms with Crippen molar-refractivity contribution in [3.8, 4) is 0 Å². The molecule has 3 aromatic carbocycles. The van der Waals surface area contributed by atoms with E-state index in [2.05, 4.69) is 28.8 Å². The number of aromatic nitrogens is 1. The Bertz CT molecular complexity index is 1020. The van der Waals surface area contributed by atoms with E-state index in [1.165, 1.54) is 0 Å². The first kappa shape index (κ1) is 14.3. The molecule has 0 aliphatic rings. The lowest BCUT2D eigenvalue weighted by molar-refractivity contribution is 1.48. The standard InChI is InChI=1S/C20H18N4/c1-22-14-7-9-15(10-8-14)23-20-16-4-2-3-5-18(16)24-19-12-13(21)6-11-17(19)20/h2-12,22H,21H2,1H3,(H,23,24). The number of benzene rings is 3. The van der Waals surface area contributed by atoms with Crippen LogP contribution in [0.5, 0.6) is 0 Å². The topological polar surface area (TPSA) is 63.0 Å². The van der Waals surface area contributed by atoms with Gasteiger partial charge in [-0.2, -0.15) is 0 Å². The Morgan fingerprint density at radius 1 is 0.792 bits per heavy atom. The van der Waals surface area contributed by atoms with Crippen molar-refractivity contribution in [1.29, 1.82) is 0 Å². The highest BCUT2D eigenvalue weighted by Crippen LogP contribution is 2.34. The highest BCUT2D eigenvalue weighted by molar-refractivity contribution is 6.09. The molecule has 0 aliphatic carbocycles. The van der Waals surface area contributed by atoms with Crippen LogP contribution in [0.25, 0.3) is 21.8 Å². The molecule has 0 unspecified atom stereocenters. The largest absolute Gasteiger partial charge is 0.399 e. The van der Waals surface area contributed by atoms with Crippen molar-refractivity contribution in [3.63, 3.8) is 0 Å². The molecule has 4 heteroatoms. The number of anilines is 4. The molecule has 0 spiro atoms. The molecular weight excluding hydrogens is 296 g/mol. The van der Waals surface area contributed by atoms with Gasteiger partial charge in [0.25, 0.3) is 0 Å². The molecule has 118 valence electrons. The third kappa shape index (κ3) is 2.48. The second kappa shape index (κ2) is 5.74. The van der Waals surface area contributed by atoms with Crippen LogP contribution in [0.1, 0.15) is 0 Å². The molecule has 0 saturated carbocycles. The van der Waals surface area contributed by atoms with Gasteiger partial charge in [-0.3, -0.25) is 0 Å². The van der Waals surface area contributed by atoms with Crippen molar-refractivity contribution in [2.24, 2.45) is 0 Å². The van der Waals surface area contributed by atoms with E-state index in [0.29, 0.717) is 0 Å². The van der Waals surface area contributed by atoms with Gasteiger partial charge in [0.15, 0.2) is 0 Å². The number of hydrogen-bond donors (Lipinski definition) is 3. The number of nitrogens with zero attached hydrogens (tertiary/aromatic N) is 1. The van der Waals surface area contributed by atoms with Crippen LogP contribution in [0, 0.1) is 0 Å². The zero-order valence-electron chi connectivity index (χ0n) is 13.4. The fourth-order valence-corrected chi connectivity index (χ4v) is 2.91. The molecule has 1 aromatic heterocycles. The van der Waals surface area contributed by atoms with E-state index in [1.54, 1.807) is 0 Å². The maximum Gasteiger partial charge on any atom is 0.0751 e. The normalized spacial score (nSPS) is 10.9. The SMILES string of the molecule is CNc1ccc(Nc2c3ccccc3nc3cc(N)ccc23)cc1. The number of pyridine rings is 1. The Labute approximate surface area is 140 Å². The van der Waals surface area contributed by atoms with Gasteiger partial charge >= 0.3 is 0 Å². The summed E-state index contributed by atoms with van der Waals surface area (Å²) in [6, 6.07) is 22.2. The van der Waals surface area contributed by atoms with E-state index in [1.807, 2.05) is 55.6 Å². The predicted octanol–water partition coefficient (Wildman–Crippen LogP) is 4.76. The van der Waals surface area contributed by atoms with E-state index in [0.717, 1.165) is 44.6 Å². The van der Waals surface area contributed by atoms with Crippen molar-refractivity contribution < 1.29 is 0 Å². The first-order chi connectivity index (χ1) is 11.7. The minimum absolute atomic E-state index is 0.717. The van der Waals surface area contributed by atoms with Crippen LogP contribution in [0.3, 0.4) is 0 Å². The van der Waals surface area contributed by atoms with E-state index in [-0.39, 0.29) is 0 Å². The lowest BCUT2D eigenvalue weighted by Crippen LogP contribution is -1.96. The van der Waals surface area contributed by atoms with Crippen LogP contribution < -0.4 is 16.4 Å². The molecule has 24 heavy (non-hydrogen) atoms. The lowest BCUT2D eigenvalue weighted by atomic mass is 10.1. The van der Waals surface area contributed by atoms with Crippen molar-refractivity contribution in [3.05, 3.63) is 66.7 Å². The molecule has 4 nitrogen and oxygen atoms in total. The summed E-state index contributed by atoms with van der Waals surface area (Å²) in [5.74, 6) is 0. The molecule has 4 aromatic rings. The van der Waals surface area contributed by atoms with Gasteiger partial charge < -0.3 is 16.4 Å². The number of para-hydroxylation sites is 1. The van der Waals surface area contributed by atoms with Gasteiger partial charge in [0.05, 0.1) is 16.7 Å². The molecule has 1 heterocycles. The Hall–Kier alpha value is -3.27. The smallest absolute Gasteiger partial charge is 0.0751 e. The minimum Gasteiger partial charge on any atom is -0.399 e. The number of rotatable bonds is 3. The number of hydrogen-bond acceptors (Lipinski definition) is 4. The molecule has 0 aliphatic heterocycles. The van der Waals surface area contributed by atoms with Gasteiger partial charge in [-0.25, -0.2) is 4.98 Å². The molecule has 4 N–H and O–H groups in total. The fraction of sp³-hybridized carbons (Fsp3) is 0.0500. The van der Waals surface area contributed by atoms with E-state index in [9.17, 15) is 0 Å². The van der Waals surface area contributed by atoms with Crippen LogP contribution >= 0.6 is 0 Å². The summed E-state index contributed by atoms with van der Waals surface area (Å²) in [5.41, 5.74) is 11.7. The third-order valence-electron chi connectivity index (χ3n) is 4.15. The Balaban J connectivity index is 1.92. The fourth-order valence-electron chi connectivity index (χ4n) is 2.91. The second-order valence-corrected chi connectivity index (χ2v) is 5.73. The highest BCUT2D eigenvalue weighted by Gasteiger charge is 2.09. The summed E-state index contributed by atoms with van der Waals surface area (Å²) in [6.45, 7) is 0. The molecule has 0 fully saturated rings. The van der Waals surface area contributed by atoms with Crippen LogP contribution in [-0.4, -0.2) is 12.0 Å². The number of fused-ring (bicyclic) bond motifs is 2. The molecule has 0 atom stereocenters. The molecule has 0 bridgehead atoms. The summed E-state index contributed by atoms with van der Waals surface area (Å²) in [5, 5.41) is 8.83. The predicted molar refractivity (Wildman–Crippen MR) is 103 cm³/mol. The summed E-state index contributed by atoms with van der Waals surface area (Å²) in [6.07, 6.45) is 0. The second-order valence-electron chi connectivity index (χ2n) is 5.73. The van der Waals surface area contributed by atoms with Crippen molar-refractivity contribution in [2.75, 3.05) is 23.4 Å². The first-order valence-electron chi connectivity index (χ1n) is 7.87. The summed E-state index contributed by atoms with van der Waals surface area (Å²) in [4.78, 5) is 4.74. The van der Waals surface area contributed by atoms with Crippen LogP contribution in [0.4, 0.5) is 22.7 Å². The summed E-state index contributed by atoms with van der Waals surface area (Å²) < 4.78 is 0. The van der Waals surface area contributed by atoms with Gasteiger partial charge in [0.2, 0.25) is 0 Å². The van der Waals surface area contributed by atoms with E-state index in [4.69, 9.17) is 10.7 Å². The van der Waals surface area contributed by atoms with Crippen molar-refractivity contribution in [2.45, 2.75) is 0 Å². The van der Waals surface area contributed by atoms with E-state index < -0.39 is 0 Å². The van der Waals surface area contributed by atoms with Gasteiger partial charge in [-0.1, -0.05) is 18.2 Å². The number of nitrogens with one attached hydrogen (secondary N) is 2. The minimum atomic E-state index is 0.717. The molecule has 0 radical (unpaired) electrons. The lowest BCUT2D eigenvalue weighted by Gasteiger charge is -2.14. The van der Waals surface area contributed by atoms with Gasteiger partial charge in [-0.05, 0) is 48.5 Å². The highest BCUT2D eigenvalue weighted by atomic mass is 14.9. The number of nitrogen functional groups attached to an aromatic ring is 1. The van der Waals surface area contributed by atoms with E-state index >= 15 is 0 Å². The molecular formula is C20H18N4. The third-order valence-corrected chi connectivity index (χ3v) is 4.15. The summed E-state index contributed by atoms with van der Waals surface area (Å²) >= 11 is 0. The zero-order valence-corrected chi connectivity index (χ0v) is 13.4. The molecule has 0 saturated heterocycles. The Morgan fingerprint density at radius 3 is 2.29 bits per heavy atom. The Morgan fingerprint density at radius 2 is 1.50 bits per heavy atom. The average Bonchev–Trinajstić information content (AvgIpc) is 2.62. The van der Waals surface area contributed by atoms with Gasteiger partial charge in [0.1, 0.15) is 0 Å². The van der Waals surface area contributed by atoms with Crippen LogP contribution in [-0.2, 0) is 0 Å². The monoisotopic (exact) mass is 314 g/mol. The maximum atomic E-state index is 5.94. The van der Waals surface area contributed by atoms with Crippen LogP contribution in [0.2, 0.25) is 0 Å². The summed E-state index contributed by atoms with van der Waals surface area (Å²) in [7, 11) is 1.91. The van der Waals surface area contributed by atoms with Crippen molar-refractivity contribution in [1.82, 2.24) is 4.98 Å². The van der Waals surface area contributed by atoms with Crippen LogP contribution in [0.15, 0.2) is 66.7 Å². The quantitative estimate of drug-likeness (QED) is 0.377. The maximum absolute atomic E-state index is 5.94.